The number of piperidine rings is 1. The van der Waals surface area contributed by atoms with Crippen LogP contribution in [0.1, 0.15) is 12.8 Å². The Labute approximate surface area is 109 Å². The standard InChI is InChI=1S/C13H24N4O/c1-16-5-3-12(4-6-16)9-14-13-10-15-17(11-13)7-8-18-2/h10-12,14H,3-9H2,1-2H3. The quantitative estimate of drug-likeness (QED) is 0.828. The third-order valence-corrected chi connectivity index (χ3v) is 3.59. The Morgan fingerprint density at radius 2 is 2.22 bits per heavy atom. The zero-order valence-electron chi connectivity index (χ0n) is 11.4. The van der Waals surface area contributed by atoms with Crippen molar-refractivity contribution in [2.45, 2.75) is 19.4 Å². The van der Waals surface area contributed by atoms with Gasteiger partial charge in [-0.2, -0.15) is 5.10 Å². The molecule has 0 aromatic carbocycles. The lowest BCUT2D eigenvalue weighted by Gasteiger charge is -2.29. The summed E-state index contributed by atoms with van der Waals surface area (Å²) in [5.41, 5.74) is 1.12. The first kappa shape index (κ1) is 13.4. The molecule has 5 heteroatoms. The van der Waals surface area contributed by atoms with Crippen molar-refractivity contribution in [3.63, 3.8) is 0 Å². The predicted molar refractivity (Wildman–Crippen MR) is 72.8 cm³/mol. The molecular weight excluding hydrogens is 228 g/mol. The van der Waals surface area contributed by atoms with Crippen LogP contribution in [0.5, 0.6) is 0 Å². The third kappa shape index (κ3) is 3.99. The van der Waals surface area contributed by atoms with E-state index in [0.29, 0.717) is 6.61 Å². The lowest BCUT2D eigenvalue weighted by Crippen LogP contribution is -2.32. The number of nitrogens with one attached hydrogen (secondary N) is 1. The number of nitrogens with zero attached hydrogens (tertiary/aromatic N) is 3. The molecule has 0 bridgehead atoms. The highest BCUT2D eigenvalue weighted by Crippen LogP contribution is 2.16. The van der Waals surface area contributed by atoms with E-state index in [2.05, 4.69) is 22.4 Å². The van der Waals surface area contributed by atoms with E-state index in [0.717, 1.165) is 24.7 Å². The maximum absolute atomic E-state index is 5.03. The topological polar surface area (TPSA) is 42.3 Å². The van der Waals surface area contributed by atoms with Crippen LogP contribution in [-0.4, -0.2) is 55.1 Å². The fourth-order valence-corrected chi connectivity index (χ4v) is 2.29. The van der Waals surface area contributed by atoms with Crippen molar-refractivity contribution in [1.29, 1.82) is 0 Å². The molecule has 1 aliphatic rings. The molecule has 1 N–H and O–H groups in total. The molecule has 1 saturated heterocycles. The summed E-state index contributed by atoms with van der Waals surface area (Å²) in [6, 6.07) is 0. The Bertz CT molecular complexity index is 345. The second kappa shape index (κ2) is 6.75. The van der Waals surface area contributed by atoms with Gasteiger partial charge in [0.1, 0.15) is 0 Å². The number of hydrogen-bond acceptors (Lipinski definition) is 4. The minimum absolute atomic E-state index is 0.704. The van der Waals surface area contributed by atoms with E-state index in [4.69, 9.17) is 4.74 Å². The number of rotatable bonds is 6. The molecule has 0 aliphatic carbocycles. The van der Waals surface area contributed by atoms with Crippen molar-refractivity contribution in [3.05, 3.63) is 12.4 Å². The SMILES string of the molecule is COCCn1cc(NCC2CCN(C)CC2)cn1. The normalized spacial score (nSPS) is 18.1. The van der Waals surface area contributed by atoms with Crippen LogP contribution in [-0.2, 0) is 11.3 Å². The van der Waals surface area contributed by atoms with Gasteiger partial charge in [-0.15, -0.1) is 0 Å². The van der Waals surface area contributed by atoms with Crippen molar-refractivity contribution >= 4 is 5.69 Å². The molecule has 1 aromatic rings. The van der Waals surface area contributed by atoms with Gasteiger partial charge >= 0.3 is 0 Å². The first-order valence-corrected chi connectivity index (χ1v) is 6.71. The molecule has 0 unspecified atom stereocenters. The molecule has 2 heterocycles. The lowest BCUT2D eigenvalue weighted by molar-refractivity contribution is 0.183. The summed E-state index contributed by atoms with van der Waals surface area (Å²) in [5.74, 6) is 0.795. The molecule has 1 fully saturated rings. The van der Waals surface area contributed by atoms with Gasteiger partial charge in [0.25, 0.3) is 0 Å². The lowest BCUT2D eigenvalue weighted by atomic mass is 9.97. The van der Waals surface area contributed by atoms with Crippen LogP contribution in [0.4, 0.5) is 5.69 Å². The molecule has 2 rings (SSSR count). The minimum Gasteiger partial charge on any atom is -0.383 e. The van der Waals surface area contributed by atoms with Crippen molar-refractivity contribution in [2.75, 3.05) is 45.7 Å². The monoisotopic (exact) mass is 252 g/mol. The predicted octanol–water partition coefficient (Wildman–Crippen LogP) is 1.28. The van der Waals surface area contributed by atoms with Crippen LogP contribution in [0.2, 0.25) is 0 Å². The Kier molecular flexibility index (Phi) is 5.01. The highest BCUT2D eigenvalue weighted by atomic mass is 16.5. The van der Waals surface area contributed by atoms with Gasteiger partial charge in [0.05, 0.1) is 25.0 Å². The molecule has 5 nitrogen and oxygen atoms in total. The molecule has 102 valence electrons. The van der Waals surface area contributed by atoms with Gasteiger partial charge in [0.2, 0.25) is 0 Å². The molecule has 0 amide bonds. The third-order valence-electron chi connectivity index (χ3n) is 3.59. The number of hydrogen-bond donors (Lipinski definition) is 1. The zero-order chi connectivity index (χ0) is 12.8. The summed E-state index contributed by atoms with van der Waals surface area (Å²) >= 11 is 0. The first-order chi connectivity index (χ1) is 8.78. The van der Waals surface area contributed by atoms with E-state index in [-0.39, 0.29) is 0 Å². The van der Waals surface area contributed by atoms with Crippen molar-refractivity contribution < 1.29 is 4.74 Å². The first-order valence-electron chi connectivity index (χ1n) is 6.71. The van der Waals surface area contributed by atoms with Crippen molar-refractivity contribution in [3.8, 4) is 0 Å². The van der Waals surface area contributed by atoms with Crippen molar-refractivity contribution in [2.24, 2.45) is 5.92 Å². The molecule has 0 radical (unpaired) electrons. The highest BCUT2D eigenvalue weighted by Gasteiger charge is 2.16. The summed E-state index contributed by atoms with van der Waals surface area (Å²) < 4.78 is 6.95. The summed E-state index contributed by atoms with van der Waals surface area (Å²) in [4.78, 5) is 2.40. The van der Waals surface area contributed by atoms with Crippen LogP contribution in [0.15, 0.2) is 12.4 Å². The Morgan fingerprint density at radius 1 is 1.44 bits per heavy atom. The average Bonchev–Trinajstić information content (AvgIpc) is 2.84. The average molecular weight is 252 g/mol. The van der Waals surface area contributed by atoms with Crippen molar-refractivity contribution in [1.82, 2.24) is 14.7 Å². The fourth-order valence-electron chi connectivity index (χ4n) is 2.29. The summed E-state index contributed by atoms with van der Waals surface area (Å²) in [5, 5.41) is 7.78. The van der Waals surface area contributed by atoms with Crippen LogP contribution in [0.25, 0.3) is 0 Å². The molecule has 0 atom stereocenters. The maximum Gasteiger partial charge on any atom is 0.0726 e. The zero-order valence-corrected chi connectivity index (χ0v) is 11.4. The summed E-state index contributed by atoms with van der Waals surface area (Å²) in [7, 11) is 3.91. The van der Waals surface area contributed by atoms with Crippen LogP contribution in [0.3, 0.4) is 0 Å². The minimum atomic E-state index is 0.704. The van der Waals surface area contributed by atoms with Crippen LogP contribution in [0, 0.1) is 5.92 Å². The van der Waals surface area contributed by atoms with E-state index in [1.165, 1.54) is 25.9 Å². The second-order valence-corrected chi connectivity index (χ2v) is 5.11. The number of aromatic nitrogens is 2. The molecule has 0 saturated carbocycles. The fraction of sp³-hybridized carbons (Fsp3) is 0.769. The second-order valence-electron chi connectivity index (χ2n) is 5.11. The van der Waals surface area contributed by atoms with E-state index >= 15 is 0 Å². The van der Waals surface area contributed by atoms with Crippen LogP contribution < -0.4 is 5.32 Å². The maximum atomic E-state index is 5.03. The van der Waals surface area contributed by atoms with Gasteiger partial charge in [-0.25, -0.2) is 0 Å². The van der Waals surface area contributed by atoms with Crippen LogP contribution >= 0.6 is 0 Å². The Balaban J connectivity index is 1.71. The van der Waals surface area contributed by atoms with E-state index in [1.54, 1.807) is 7.11 Å². The van der Waals surface area contributed by atoms with Gasteiger partial charge in [0.15, 0.2) is 0 Å². The Morgan fingerprint density at radius 3 is 2.94 bits per heavy atom. The molecule has 0 spiro atoms. The number of anilines is 1. The van der Waals surface area contributed by atoms with Gasteiger partial charge in [-0.05, 0) is 38.9 Å². The summed E-state index contributed by atoms with van der Waals surface area (Å²) in [6.07, 6.45) is 6.53. The molecule has 1 aromatic heterocycles. The molecular formula is C13H24N4O. The number of likely N-dealkylation sites (tertiary alicyclic amines) is 1. The molecule has 1 aliphatic heterocycles. The van der Waals surface area contributed by atoms with Gasteiger partial charge in [0, 0.05) is 19.9 Å². The van der Waals surface area contributed by atoms with E-state index in [1.807, 2.05) is 17.1 Å². The molecule has 18 heavy (non-hydrogen) atoms. The van der Waals surface area contributed by atoms with Gasteiger partial charge in [-0.3, -0.25) is 4.68 Å². The van der Waals surface area contributed by atoms with Gasteiger partial charge in [-0.1, -0.05) is 0 Å². The Hall–Kier alpha value is -1.07. The van der Waals surface area contributed by atoms with Gasteiger partial charge < -0.3 is 15.0 Å². The van der Waals surface area contributed by atoms with E-state index in [9.17, 15) is 0 Å². The van der Waals surface area contributed by atoms with E-state index < -0.39 is 0 Å². The summed E-state index contributed by atoms with van der Waals surface area (Å²) in [6.45, 7) is 5.02. The smallest absolute Gasteiger partial charge is 0.0726 e. The number of ether oxygens (including phenoxy) is 1. The number of methoxy groups -OCH3 is 1. The highest BCUT2D eigenvalue weighted by molar-refractivity contribution is 5.38. The largest absolute Gasteiger partial charge is 0.383 e.